The smallest absolute Gasteiger partial charge is 0.0809 e. The van der Waals surface area contributed by atoms with Crippen LogP contribution in [0.1, 0.15) is 34.1 Å². The first-order valence-corrected chi connectivity index (χ1v) is 11.5. The number of hydrogen-bond donors (Lipinski definition) is 0. The Labute approximate surface area is 154 Å². The summed E-state index contributed by atoms with van der Waals surface area (Å²) in [6.45, 7) is 11.1. The zero-order chi connectivity index (χ0) is 17.1. The van der Waals surface area contributed by atoms with Crippen molar-refractivity contribution >= 4 is 17.7 Å². The Bertz CT molecular complexity index is 455. The molecule has 0 aromatic heterocycles. The van der Waals surface area contributed by atoms with E-state index in [9.17, 15) is 0 Å². The minimum Gasteiger partial charge on any atom is -0.168 e. The topological polar surface area (TPSA) is 0 Å². The number of allylic oxidation sites excluding steroid dienone is 4. The molecule has 118 valence electrons. The summed E-state index contributed by atoms with van der Waals surface area (Å²) >= 11 is 1.36. The second kappa shape index (κ2) is 20.4. The quantitative estimate of drug-likeness (QED) is 0.389. The molecular formula is C20H26SiZr-4. The van der Waals surface area contributed by atoms with Gasteiger partial charge in [-0.3, -0.25) is 6.08 Å². The SMILES string of the molecule is C[CH-]C.C[CH-]C.[C-]1=CC=CC1.[Si]=[Zr].c1ccc2[cH-]ccc2c1. The summed E-state index contributed by atoms with van der Waals surface area (Å²) in [6.07, 6.45) is 14.0. The van der Waals surface area contributed by atoms with Crippen molar-refractivity contribution in [2.45, 2.75) is 34.1 Å². The molecule has 0 atom stereocenters. The van der Waals surface area contributed by atoms with Gasteiger partial charge < -0.3 is 12.8 Å². The first-order valence-electron chi connectivity index (χ1n) is 7.35. The van der Waals surface area contributed by atoms with E-state index in [1.165, 1.54) is 34.1 Å². The zero-order valence-corrected chi connectivity index (χ0v) is 17.6. The van der Waals surface area contributed by atoms with Crippen LogP contribution in [0.5, 0.6) is 0 Å². The fourth-order valence-electron chi connectivity index (χ4n) is 1.41. The van der Waals surface area contributed by atoms with Crippen LogP contribution in [0.2, 0.25) is 0 Å². The van der Waals surface area contributed by atoms with E-state index in [1.807, 2.05) is 52.7 Å². The Kier molecular flexibility index (Phi) is 22.0. The van der Waals surface area contributed by atoms with Gasteiger partial charge in [0.15, 0.2) is 0 Å². The summed E-state index contributed by atoms with van der Waals surface area (Å²) in [5.74, 6) is 0. The molecule has 0 heterocycles. The minimum absolute atomic E-state index is 1.01. The maximum absolute atomic E-state index is 3.06. The van der Waals surface area contributed by atoms with Gasteiger partial charge in [-0.1, -0.05) is 6.07 Å². The third-order valence-corrected chi connectivity index (χ3v) is 2.13. The number of rotatable bonds is 0. The van der Waals surface area contributed by atoms with Gasteiger partial charge >= 0.3 is 30.2 Å². The maximum Gasteiger partial charge on any atom is -0.0809 e. The summed E-state index contributed by atoms with van der Waals surface area (Å²) in [6, 6.07) is 14.7. The van der Waals surface area contributed by atoms with Crippen molar-refractivity contribution in [2.75, 3.05) is 0 Å². The second-order valence-corrected chi connectivity index (χ2v) is 4.31. The molecule has 2 aromatic rings. The van der Waals surface area contributed by atoms with Gasteiger partial charge in [-0.15, -0.1) is 36.1 Å². The second-order valence-electron chi connectivity index (χ2n) is 4.31. The van der Waals surface area contributed by atoms with E-state index >= 15 is 0 Å². The van der Waals surface area contributed by atoms with Gasteiger partial charge in [0.05, 0.1) is 0 Å². The van der Waals surface area contributed by atoms with Crippen LogP contribution in [0, 0.1) is 18.9 Å². The van der Waals surface area contributed by atoms with Gasteiger partial charge in [0, 0.05) is 0 Å². The van der Waals surface area contributed by atoms with E-state index in [1.54, 1.807) is 0 Å². The maximum atomic E-state index is 3.06. The normalized spacial score (nSPS) is 9.95. The first-order chi connectivity index (χ1) is 10.8. The molecule has 0 bridgehead atoms. The van der Waals surface area contributed by atoms with Gasteiger partial charge in [-0.05, 0) is 0 Å². The molecule has 2 radical (unpaired) electrons. The van der Waals surface area contributed by atoms with Crippen LogP contribution in [-0.4, -0.2) is 6.88 Å². The average Bonchev–Trinajstić information content (AvgIpc) is 3.25. The minimum atomic E-state index is 1.01. The summed E-state index contributed by atoms with van der Waals surface area (Å²) in [7, 11) is 0. The van der Waals surface area contributed by atoms with Crippen LogP contribution in [0.3, 0.4) is 0 Å². The van der Waals surface area contributed by atoms with Gasteiger partial charge in [0.25, 0.3) is 0 Å². The number of hydrogen-bond acceptors (Lipinski definition) is 0. The molecule has 22 heavy (non-hydrogen) atoms. The molecule has 0 spiro atoms. The van der Waals surface area contributed by atoms with E-state index in [0.29, 0.717) is 0 Å². The first kappa shape index (κ1) is 23.7. The fourth-order valence-corrected chi connectivity index (χ4v) is 1.41. The standard InChI is InChI=1S/C9H7.C5H5.2C3H7.Si.Zr/c1-2-5-9-7-3-6-8(9)4-1;1-2-4-5-3-1;2*1-3-2;;/h1-7H;1-3H,4H2;2*3H,1-2H3;;/q4*-1;;. The summed E-state index contributed by atoms with van der Waals surface area (Å²) in [5, 5.41) is 2.66. The fraction of sp³-hybridized carbons (Fsp3) is 0.250. The molecule has 0 N–H and O–H groups in total. The van der Waals surface area contributed by atoms with Crippen molar-refractivity contribution in [3.63, 3.8) is 0 Å². The molecule has 0 unspecified atom stereocenters. The Morgan fingerprint density at radius 2 is 1.64 bits per heavy atom. The molecule has 0 nitrogen and oxygen atoms in total. The molecule has 0 saturated heterocycles. The summed E-state index contributed by atoms with van der Waals surface area (Å²) in [4.78, 5) is 0. The number of benzene rings is 1. The molecule has 2 heteroatoms. The molecule has 1 aliphatic carbocycles. The molecule has 0 fully saturated rings. The average molecular weight is 386 g/mol. The van der Waals surface area contributed by atoms with Crippen LogP contribution < -0.4 is 0 Å². The van der Waals surface area contributed by atoms with Crippen molar-refractivity contribution < 1.29 is 23.3 Å². The zero-order valence-electron chi connectivity index (χ0n) is 14.1. The van der Waals surface area contributed by atoms with Crippen LogP contribution in [-0.2, 0) is 23.3 Å². The van der Waals surface area contributed by atoms with Crippen molar-refractivity contribution in [2.24, 2.45) is 0 Å². The summed E-state index contributed by atoms with van der Waals surface area (Å²) < 4.78 is 0. The van der Waals surface area contributed by atoms with Gasteiger partial charge in [0.2, 0.25) is 0 Å². The predicted molar refractivity (Wildman–Crippen MR) is 98.2 cm³/mol. The van der Waals surface area contributed by atoms with Crippen LogP contribution >= 0.6 is 0 Å². The Hall–Kier alpha value is -0.590. The van der Waals surface area contributed by atoms with Crippen molar-refractivity contribution in [1.82, 2.24) is 0 Å². The van der Waals surface area contributed by atoms with Crippen LogP contribution in [0.15, 0.2) is 60.7 Å². The third-order valence-electron chi connectivity index (χ3n) is 2.13. The molecule has 0 amide bonds. The largest absolute Gasteiger partial charge is 0.168 e. The van der Waals surface area contributed by atoms with E-state index in [-0.39, 0.29) is 0 Å². The van der Waals surface area contributed by atoms with Crippen molar-refractivity contribution in [1.29, 1.82) is 0 Å². The van der Waals surface area contributed by atoms with Crippen LogP contribution in [0.25, 0.3) is 10.8 Å². The monoisotopic (exact) mass is 384 g/mol. The molecule has 2 aromatic carbocycles. The van der Waals surface area contributed by atoms with Gasteiger partial charge in [-0.2, -0.15) is 51.3 Å². The van der Waals surface area contributed by atoms with E-state index in [2.05, 4.69) is 61.5 Å². The Balaban J connectivity index is 0. The van der Waals surface area contributed by atoms with Gasteiger partial charge in [0.1, 0.15) is 0 Å². The molecule has 0 saturated carbocycles. The van der Waals surface area contributed by atoms with Crippen LogP contribution in [0.4, 0.5) is 0 Å². The molecular weight excluding hydrogens is 360 g/mol. The van der Waals surface area contributed by atoms with Crippen molar-refractivity contribution in [3.8, 4) is 0 Å². The predicted octanol–water partition coefficient (Wildman–Crippen LogP) is 5.94. The number of fused-ring (bicyclic) bond motifs is 1. The van der Waals surface area contributed by atoms with Crippen molar-refractivity contribution in [3.05, 3.63) is 79.6 Å². The third kappa shape index (κ3) is 14.4. The Morgan fingerprint density at radius 1 is 1.05 bits per heavy atom. The van der Waals surface area contributed by atoms with Gasteiger partial charge in [-0.25, -0.2) is 12.2 Å². The van der Waals surface area contributed by atoms with E-state index in [4.69, 9.17) is 0 Å². The van der Waals surface area contributed by atoms with E-state index < -0.39 is 0 Å². The van der Waals surface area contributed by atoms with E-state index in [0.717, 1.165) is 6.42 Å². The molecule has 3 rings (SSSR count). The molecule has 1 aliphatic rings. The molecule has 0 aliphatic heterocycles. The summed E-state index contributed by atoms with van der Waals surface area (Å²) in [5.41, 5.74) is 0. The Morgan fingerprint density at radius 3 is 2.05 bits per heavy atom.